The standard InChI is InChI=1S/C27H27ClFN5O4S/c28-18-5-4-17(20(29)12-18)16-38-25-3-1-2-23(30-25)33-9-7-32(8-10-33)15-24-31-26-21(13-22(39-26)27(35)36)34(24)14-19-6-11-37-19/h1-5,12-13,19H,6-11,14-16H2,(H,35,36)/t19-/m0/s1. The number of fused-ring (bicyclic) bond motifs is 1. The Bertz CT molecular complexity index is 1500. The number of nitrogens with zero attached hydrogens (tertiary/aromatic N) is 5. The van der Waals surface area contributed by atoms with Gasteiger partial charge in [-0.2, -0.15) is 4.98 Å². The summed E-state index contributed by atoms with van der Waals surface area (Å²) in [5.41, 5.74) is 1.28. The van der Waals surface area contributed by atoms with Gasteiger partial charge in [0.1, 0.15) is 33.8 Å². The number of pyridine rings is 1. The van der Waals surface area contributed by atoms with Crippen molar-refractivity contribution in [2.45, 2.75) is 32.2 Å². The van der Waals surface area contributed by atoms with Gasteiger partial charge in [0.2, 0.25) is 5.88 Å². The van der Waals surface area contributed by atoms with Crippen LogP contribution in [0.4, 0.5) is 10.2 Å². The molecule has 0 unspecified atom stereocenters. The van der Waals surface area contributed by atoms with Crippen molar-refractivity contribution in [3.63, 3.8) is 0 Å². The fraction of sp³-hybridized carbons (Fsp3) is 0.370. The van der Waals surface area contributed by atoms with Crippen molar-refractivity contribution in [2.24, 2.45) is 0 Å². The predicted octanol–water partition coefficient (Wildman–Crippen LogP) is 4.67. The van der Waals surface area contributed by atoms with Gasteiger partial charge in [-0.1, -0.05) is 23.7 Å². The molecule has 2 saturated heterocycles. The quantitative estimate of drug-likeness (QED) is 0.310. The van der Waals surface area contributed by atoms with Crippen LogP contribution in [0.3, 0.4) is 0 Å². The summed E-state index contributed by atoms with van der Waals surface area (Å²) in [4.78, 5) is 26.5. The van der Waals surface area contributed by atoms with E-state index in [9.17, 15) is 14.3 Å². The van der Waals surface area contributed by atoms with Crippen LogP contribution in [-0.2, 0) is 24.4 Å². The van der Waals surface area contributed by atoms with Gasteiger partial charge in [0.25, 0.3) is 0 Å². The van der Waals surface area contributed by atoms with Gasteiger partial charge >= 0.3 is 5.97 Å². The number of anilines is 1. The van der Waals surface area contributed by atoms with Crippen LogP contribution in [0.5, 0.6) is 5.88 Å². The molecule has 2 aliphatic rings. The number of piperazine rings is 1. The van der Waals surface area contributed by atoms with Crippen LogP contribution in [0, 0.1) is 5.82 Å². The minimum absolute atomic E-state index is 0.0667. The topological polar surface area (TPSA) is 93.0 Å². The molecule has 0 bridgehead atoms. The molecule has 0 radical (unpaired) electrons. The van der Waals surface area contributed by atoms with Crippen molar-refractivity contribution in [3.8, 4) is 5.88 Å². The predicted molar refractivity (Wildman–Crippen MR) is 146 cm³/mol. The largest absolute Gasteiger partial charge is 0.477 e. The molecule has 1 atom stereocenters. The normalized spacial score (nSPS) is 17.9. The van der Waals surface area contributed by atoms with E-state index in [1.165, 1.54) is 17.4 Å². The number of carboxylic acids is 1. The Morgan fingerprint density at radius 1 is 1.18 bits per heavy atom. The number of aromatic carboxylic acids is 1. The highest BCUT2D eigenvalue weighted by Gasteiger charge is 2.26. The van der Waals surface area contributed by atoms with Crippen molar-refractivity contribution in [1.82, 2.24) is 19.4 Å². The van der Waals surface area contributed by atoms with Crippen molar-refractivity contribution >= 4 is 45.1 Å². The van der Waals surface area contributed by atoms with E-state index in [2.05, 4.69) is 19.4 Å². The zero-order valence-electron chi connectivity index (χ0n) is 21.1. The molecular formula is C27H27ClFN5O4S. The van der Waals surface area contributed by atoms with Gasteiger partial charge in [0.05, 0.1) is 24.7 Å². The smallest absolute Gasteiger partial charge is 0.346 e. The van der Waals surface area contributed by atoms with Gasteiger partial charge in [-0.25, -0.2) is 14.2 Å². The molecule has 0 amide bonds. The summed E-state index contributed by atoms with van der Waals surface area (Å²) in [6.45, 7) is 5.40. The van der Waals surface area contributed by atoms with E-state index in [1.807, 2.05) is 12.1 Å². The summed E-state index contributed by atoms with van der Waals surface area (Å²) >= 11 is 7.04. The molecule has 12 heteroatoms. The first-order valence-corrected chi connectivity index (χ1v) is 14.0. The Morgan fingerprint density at radius 3 is 2.72 bits per heavy atom. The Labute approximate surface area is 233 Å². The number of ether oxygens (including phenoxy) is 2. The van der Waals surface area contributed by atoms with Crippen molar-refractivity contribution in [2.75, 3.05) is 37.7 Å². The van der Waals surface area contributed by atoms with Gasteiger partial charge in [0.15, 0.2) is 0 Å². The number of rotatable bonds is 9. The number of thiophene rings is 1. The molecule has 39 heavy (non-hydrogen) atoms. The van der Waals surface area contributed by atoms with Crippen molar-refractivity contribution in [3.05, 3.63) is 69.6 Å². The molecular weight excluding hydrogens is 545 g/mol. The van der Waals surface area contributed by atoms with Gasteiger partial charge in [-0.15, -0.1) is 11.3 Å². The lowest BCUT2D eigenvalue weighted by molar-refractivity contribution is -0.0592. The fourth-order valence-corrected chi connectivity index (χ4v) is 5.86. The molecule has 5 heterocycles. The molecule has 2 fully saturated rings. The molecule has 6 rings (SSSR count). The number of carbonyl (C=O) groups is 1. The molecule has 204 valence electrons. The fourth-order valence-electron chi connectivity index (χ4n) is 4.81. The van der Waals surface area contributed by atoms with E-state index in [-0.39, 0.29) is 12.7 Å². The molecule has 9 nitrogen and oxygen atoms in total. The monoisotopic (exact) mass is 571 g/mol. The van der Waals surface area contributed by atoms with Crippen LogP contribution in [0.25, 0.3) is 10.3 Å². The Hall–Kier alpha value is -3.25. The summed E-state index contributed by atoms with van der Waals surface area (Å²) in [5.74, 6) is 0.847. The SMILES string of the molecule is O=C(O)c1cc2c(nc(CN3CCN(c4cccc(OCc5ccc(Cl)cc5F)n4)CC3)n2C[C@@H]2CCO2)s1. The maximum Gasteiger partial charge on any atom is 0.346 e. The zero-order chi connectivity index (χ0) is 26.9. The lowest BCUT2D eigenvalue weighted by Gasteiger charge is -2.35. The van der Waals surface area contributed by atoms with Crippen LogP contribution in [0.15, 0.2) is 42.5 Å². The highest BCUT2D eigenvalue weighted by molar-refractivity contribution is 7.20. The van der Waals surface area contributed by atoms with Crippen LogP contribution in [0.2, 0.25) is 5.02 Å². The van der Waals surface area contributed by atoms with E-state index in [0.29, 0.717) is 34.4 Å². The van der Waals surface area contributed by atoms with Crippen LogP contribution >= 0.6 is 22.9 Å². The maximum absolute atomic E-state index is 14.1. The number of aromatic nitrogens is 3. The first-order chi connectivity index (χ1) is 18.9. The second-order valence-corrected chi connectivity index (χ2v) is 11.1. The second-order valence-electron chi connectivity index (χ2n) is 9.65. The van der Waals surface area contributed by atoms with Crippen LogP contribution in [0.1, 0.15) is 27.5 Å². The number of carboxylic acid groups (broad SMARTS) is 1. The van der Waals surface area contributed by atoms with Crippen LogP contribution < -0.4 is 9.64 Å². The third-order valence-electron chi connectivity index (χ3n) is 7.08. The molecule has 1 N–H and O–H groups in total. The Balaban J connectivity index is 1.09. The van der Waals surface area contributed by atoms with Gasteiger partial charge < -0.3 is 24.0 Å². The number of imidazole rings is 1. The zero-order valence-corrected chi connectivity index (χ0v) is 22.6. The Kier molecular flexibility index (Phi) is 7.39. The second kappa shape index (κ2) is 11.1. The molecule has 1 aromatic carbocycles. The Morgan fingerprint density at radius 2 is 2.00 bits per heavy atom. The van der Waals surface area contributed by atoms with Crippen molar-refractivity contribution in [1.29, 1.82) is 0 Å². The summed E-state index contributed by atoms with van der Waals surface area (Å²) in [6.07, 6.45) is 1.14. The average molecular weight is 572 g/mol. The lowest BCUT2D eigenvalue weighted by Crippen LogP contribution is -2.46. The third-order valence-corrected chi connectivity index (χ3v) is 8.32. The summed E-state index contributed by atoms with van der Waals surface area (Å²) in [5, 5.41) is 9.75. The minimum Gasteiger partial charge on any atom is -0.477 e. The molecule has 2 aliphatic heterocycles. The summed E-state index contributed by atoms with van der Waals surface area (Å²) in [6, 6.07) is 11.8. The number of benzene rings is 1. The lowest BCUT2D eigenvalue weighted by atomic mass is 10.2. The van der Waals surface area contributed by atoms with E-state index < -0.39 is 11.8 Å². The van der Waals surface area contributed by atoms with Gasteiger partial charge in [-0.05, 0) is 30.7 Å². The highest BCUT2D eigenvalue weighted by Crippen LogP contribution is 2.29. The molecule has 0 spiro atoms. The molecule has 0 saturated carbocycles. The van der Waals surface area contributed by atoms with E-state index in [4.69, 9.17) is 26.1 Å². The number of hydrogen-bond acceptors (Lipinski definition) is 8. The first kappa shape index (κ1) is 26.0. The van der Waals surface area contributed by atoms with E-state index >= 15 is 0 Å². The maximum atomic E-state index is 14.1. The van der Waals surface area contributed by atoms with Crippen LogP contribution in [-0.4, -0.2) is 69.4 Å². The summed E-state index contributed by atoms with van der Waals surface area (Å²) in [7, 11) is 0. The molecule has 4 aromatic rings. The van der Waals surface area contributed by atoms with Gasteiger partial charge in [0, 0.05) is 49.4 Å². The van der Waals surface area contributed by atoms with E-state index in [1.54, 1.807) is 24.3 Å². The average Bonchev–Trinajstić information content (AvgIpc) is 3.45. The van der Waals surface area contributed by atoms with Gasteiger partial charge in [-0.3, -0.25) is 4.90 Å². The molecule has 3 aromatic heterocycles. The highest BCUT2D eigenvalue weighted by atomic mass is 35.5. The number of halogens is 2. The third kappa shape index (κ3) is 5.72. The summed E-state index contributed by atoms with van der Waals surface area (Å²) < 4.78 is 27.6. The number of hydrogen-bond donors (Lipinski definition) is 1. The first-order valence-electron chi connectivity index (χ1n) is 12.8. The van der Waals surface area contributed by atoms with Crippen molar-refractivity contribution < 1.29 is 23.8 Å². The minimum atomic E-state index is -0.928. The van der Waals surface area contributed by atoms with E-state index in [0.717, 1.165) is 61.2 Å². The molecule has 0 aliphatic carbocycles.